The average Bonchev–Trinajstić information content (AvgIpc) is 2.84. The van der Waals surface area contributed by atoms with E-state index in [1.54, 1.807) is 24.3 Å². The molecule has 1 aromatic carbocycles. The largest absolute Gasteiger partial charge is 0.457 e. The molecular formula is C18H22FNO. The van der Waals surface area contributed by atoms with Crippen LogP contribution in [0.2, 0.25) is 0 Å². The number of furan rings is 1. The second kappa shape index (κ2) is 6.27. The molecule has 2 aromatic rings. The van der Waals surface area contributed by atoms with Gasteiger partial charge in [-0.2, -0.15) is 0 Å². The van der Waals surface area contributed by atoms with E-state index in [0.29, 0.717) is 11.3 Å². The van der Waals surface area contributed by atoms with Crippen LogP contribution in [0.5, 0.6) is 0 Å². The summed E-state index contributed by atoms with van der Waals surface area (Å²) in [5, 5.41) is 3.42. The number of hydrogen-bond donors (Lipinski definition) is 1. The first kappa shape index (κ1) is 15.5. The zero-order chi connectivity index (χ0) is 15.5. The van der Waals surface area contributed by atoms with Gasteiger partial charge in [0, 0.05) is 12.1 Å². The fourth-order valence-electron chi connectivity index (χ4n) is 1.93. The minimum absolute atomic E-state index is 0.0800. The van der Waals surface area contributed by atoms with E-state index in [1.165, 1.54) is 11.6 Å². The molecule has 0 unspecified atom stereocenters. The molecule has 1 heterocycles. The number of nitrogens with one attached hydrogen (secondary N) is 1. The monoisotopic (exact) mass is 287 g/mol. The topological polar surface area (TPSA) is 25.2 Å². The van der Waals surface area contributed by atoms with Crippen LogP contribution in [0.25, 0.3) is 17.4 Å². The third kappa shape index (κ3) is 4.57. The Kier molecular flexibility index (Phi) is 4.63. The van der Waals surface area contributed by atoms with Crippen LogP contribution in [0.15, 0.2) is 46.4 Å². The van der Waals surface area contributed by atoms with Crippen molar-refractivity contribution in [3.05, 3.63) is 53.5 Å². The molecule has 0 saturated heterocycles. The van der Waals surface area contributed by atoms with E-state index in [0.717, 1.165) is 12.3 Å². The van der Waals surface area contributed by atoms with Crippen LogP contribution in [0.3, 0.4) is 0 Å². The van der Waals surface area contributed by atoms with Gasteiger partial charge in [0.25, 0.3) is 0 Å². The summed E-state index contributed by atoms with van der Waals surface area (Å²) in [5.74, 6) is 1.02. The van der Waals surface area contributed by atoms with Crippen molar-refractivity contribution in [1.29, 1.82) is 0 Å². The van der Waals surface area contributed by atoms with Crippen molar-refractivity contribution in [3.8, 4) is 11.3 Å². The summed E-state index contributed by atoms with van der Waals surface area (Å²) in [6.07, 6.45) is 1.98. The first-order valence-electron chi connectivity index (χ1n) is 7.12. The van der Waals surface area contributed by atoms with Crippen LogP contribution in [0.1, 0.15) is 33.5 Å². The zero-order valence-electron chi connectivity index (χ0n) is 13.0. The SMILES string of the molecule is CC(=Cc1ccc(-c2ccccc2F)o1)CNC(C)(C)C. The molecule has 0 saturated carbocycles. The molecule has 0 bridgehead atoms. The average molecular weight is 287 g/mol. The molecule has 0 aliphatic heterocycles. The maximum atomic E-state index is 13.7. The Balaban J connectivity index is 2.12. The van der Waals surface area contributed by atoms with E-state index in [1.807, 2.05) is 19.1 Å². The molecule has 2 nitrogen and oxygen atoms in total. The van der Waals surface area contributed by atoms with Gasteiger partial charge >= 0.3 is 0 Å². The van der Waals surface area contributed by atoms with Crippen molar-refractivity contribution in [2.45, 2.75) is 33.2 Å². The zero-order valence-corrected chi connectivity index (χ0v) is 13.0. The highest BCUT2D eigenvalue weighted by molar-refractivity contribution is 5.61. The second-order valence-corrected chi connectivity index (χ2v) is 6.28. The van der Waals surface area contributed by atoms with Gasteiger partial charge in [0.15, 0.2) is 0 Å². The summed E-state index contributed by atoms with van der Waals surface area (Å²) >= 11 is 0. The van der Waals surface area contributed by atoms with Crippen LogP contribution in [0, 0.1) is 5.82 Å². The van der Waals surface area contributed by atoms with Gasteiger partial charge in [-0.15, -0.1) is 0 Å². The summed E-state index contributed by atoms with van der Waals surface area (Å²) in [7, 11) is 0. The van der Waals surface area contributed by atoms with Crippen molar-refractivity contribution >= 4 is 6.08 Å². The molecule has 0 aliphatic carbocycles. The molecule has 0 spiro atoms. The normalized spacial score (nSPS) is 12.7. The first-order chi connectivity index (χ1) is 9.85. The Bertz CT molecular complexity index is 635. The van der Waals surface area contributed by atoms with Crippen LogP contribution in [-0.2, 0) is 0 Å². The van der Waals surface area contributed by atoms with Crippen molar-refractivity contribution in [1.82, 2.24) is 5.32 Å². The van der Waals surface area contributed by atoms with E-state index < -0.39 is 0 Å². The summed E-state index contributed by atoms with van der Waals surface area (Å²) in [5.41, 5.74) is 1.73. The van der Waals surface area contributed by atoms with Crippen LogP contribution < -0.4 is 5.32 Å². The Labute approximate surface area is 125 Å². The fraction of sp³-hybridized carbons (Fsp3) is 0.333. The van der Waals surface area contributed by atoms with E-state index in [2.05, 4.69) is 26.1 Å². The lowest BCUT2D eigenvalue weighted by molar-refractivity contribution is 0.444. The minimum Gasteiger partial charge on any atom is -0.457 e. The molecule has 1 N–H and O–H groups in total. The Hall–Kier alpha value is -1.87. The lowest BCUT2D eigenvalue weighted by Crippen LogP contribution is -2.36. The number of benzene rings is 1. The maximum Gasteiger partial charge on any atom is 0.137 e. The molecule has 112 valence electrons. The summed E-state index contributed by atoms with van der Waals surface area (Å²) < 4.78 is 19.4. The van der Waals surface area contributed by atoms with Gasteiger partial charge in [-0.3, -0.25) is 0 Å². The van der Waals surface area contributed by atoms with Crippen molar-refractivity contribution < 1.29 is 8.81 Å². The minimum atomic E-state index is -0.270. The highest BCUT2D eigenvalue weighted by Crippen LogP contribution is 2.25. The van der Waals surface area contributed by atoms with Crippen LogP contribution >= 0.6 is 0 Å². The Morgan fingerprint density at radius 3 is 2.57 bits per heavy atom. The molecule has 2 rings (SSSR count). The first-order valence-corrected chi connectivity index (χ1v) is 7.12. The molecule has 1 aromatic heterocycles. The van der Waals surface area contributed by atoms with E-state index in [9.17, 15) is 4.39 Å². The standard InChI is InChI=1S/C18H22FNO/c1-13(12-20-18(2,3)4)11-14-9-10-17(21-14)15-7-5-6-8-16(15)19/h5-11,20H,12H2,1-4H3. The summed E-state index contributed by atoms with van der Waals surface area (Å²) in [4.78, 5) is 0. The van der Waals surface area contributed by atoms with Gasteiger partial charge in [0.1, 0.15) is 17.3 Å². The third-order valence-electron chi connectivity index (χ3n) is 3.05. The predicted octanol–water partition coefficient (Wildman–Crippen LogP) is 4.88. The highest BCUT2D eigenvalue weighted by atomic mass is 19.1. The van der Waals surface area contributed by atoms with Crippen molar-refractivity contribution in [3.63, 3.8) is 0 Å². The van der Waals surface area contributed by atoms with Gasteiger partial charge in [-0.1, -0.05) is 17.7 Å². The van der Waals surface area contributed by atoms with Crippen molar-refractivity contribution in [2.75, 3.05) is 6.54 Å². The third-order valence-corrected chi connectivity index (χ3v) is 3.05. The second-order valence-electron chi connectivity index (χ2n) is 6.28. The Morgan fingerprint density at radius 2 is 1.90 bits per heavy atom. The molecule has 0 atom stereocenters. The van der Waals surface area contributed by atoms with E-state index in [4.69, 9.17) is 4.42 Å². The van der Waals surface area contributed by atoms with Crippen molar-refractivity contribution in [2.24, 2.45) is 0 Å². The number of rotatable bonds is 4. The molecular weight excluding hydrogens is 265 g/mol. The lowest BCUT2D eigenvalue weighted by atomic mass is 10.1. The maximum absolute atomic E-state index is 13.7. The van der Waals surface area contributed by atoms with Gasteiger partial charge in [0.2, 0.25) is 0 Å². The summed E-state index contributed by atoms with van der Waals surface area (Å²) in [6.45, 7) is 9.22. The Morgan fingerprint density at radius 1 is 1.19 bits per heavy atom. The highest BCUT2D eigenvalue weighted by Gasteiger charge is 2.10. The number of hydrogen-bond acceptors (Lipinski definition) is 2. The fourth-order valence-corrected chi connectivity index (χ4v) is 1.93. The quantitative estimate of drug-likeness (QED) is 0.867. The molecule has 0 radical (unpaired) electrons. The molecule has 0 fully saturated rings. The lowest BCUT2D eigenvalue weighted by Gasteiger charge is -2.20. The smallest absolute Gasteiger partial charge is 0.137 e. The summed E-state index contributed by atoms with van der Waals surface area (Å²) in [6, 6.07) is 10.3. The molecule has 0 amide bonds. The van der Waals surface area contributed by atoms with Gasteiger partial charge < -0.3 is 9.73 Å². The van der Waals surface area contributed by atoms with Gasteiger partial charge in [0.05, 0.1) is 5.56 Å². The molecule has 0 aliphatic rings. The van der Waals surface area contributed by atoms with Crippen LogP contribution in [-0.4, -0.2) is 12.1 Å². The molecule has 3 heteroatoms. The van der Waals surface area contributed by atoms with Gasteiger partial charge in [-0.05, 0) is 58.0 Å². The molecule has 21 heavy (non-hydrogen) atoms. The number of halogens is 1. The van der Waals surface area contributed by atoms with E-state index in [-0.39, 0.29) is 11.4 Å². The predicted molar refractivity (Wildman–Crippen MR) is 85.5 cm³/mol. The van der Waals surface area contributed by atoms with Gasteiger partial charge in [-0.25, -0.2) is 4.39 Å². The van der Waals surface area contributed by atoms with Crippen LogP contribution in [0.4, 0.5) is 4.39 Å². The van der Waals surface area contributed by atoms with E-state index >= 15 is 0 Å².